The topological polar surface area (TPSA) is 43.8 Å². The fourth-order valence-electron chi connectivity index (χ4n) is 3.31. The normalized spacial score (nSPS) is 16.6. The molecule has 1 N–H and O–H groups in total. The number of anilines is 1. The SMILES string of the molecule is CCCCCCCCCCN1C=CN(c2ccc(C)cc2)C1C(=O)O. The summed E-state index contributed by atoms with van der Waals surface area (Å²) in [4.78, 5) is 15.6. The molecule has 0 amide bonds. The summed E-state index contributed by atoms with van der Waals surface area (Å²) >= 11 is 0. The number of carbonyl (C=O) groups is 1. The van der Waals surface area contributed by atoms with E-state index in [0.717, 1.165) is 18.7 Å². The van der Waals surface area contributed by atoms with E-state index < -0.39 is 12.1 Å². The summed E-state index contributed by atoms with van der Waals surface area (Å²) < 4.78 is 0. The number of nitrogens with zero attached hydrogens (tertiary/aromatic N) is 2. The van der Waals surface area contributed by atoms with Gasteiger partial charge < -0.3 is 14.9 Å². The molecule has 0 spiro atoms. The average molecular weight is 344 g/mol. The molecule has 1 heterocycles. The lowest BCUT2D eigenvalue weighted by molar-refractivity contribution is -0.141. The first-order valence-electron chi connectivity index (χ1n) is 9.65. The number of aryl methyl sites for hydroxylation is 1. The molecule has 0 saturated heterocycles. The second-order valence-corrected chi connectivity index (χ2v) is 6.97. The molecular formula is C21H32N2O2. The summed E-state index contributed by atoms with van der Waals surface area (Å²) in [6.07, 6.45) is 13.2. The van der Waals surface area contributed by atoms with Crippen LogP contribution in [-0.2, 0) is 4.79 Å². The molecule has 0 fully saturated rings. The lowest BCUT2D eigenvalue weighted by atomic mass is 10.1. The Labute approximate surface area is 152 Å². The summed E-state index contributed by atoms with van der Waals surface area (Å²) in [5.74, 6) is -0.801. The van der Waals surface area contributed by atoms with Crippen molar-refractivity contribution in [2.24, 2.45) is 0 Å². The largest absolute Gasteiger partial charge is 0.478 e. The molecule has 25 heavy (non-hydrogen) atoms. The number of hydrogen-bond donors (Lipinski definition) is 1. The zero-order valence-electron chi connectivity index (χ0n) is 15.7. The minimum atomic E-state index is -0.801. The van der Waals surface area contributed by atoms with Crippen LogP contribution in [0.1, 0.15) is 63.9 Å². The Balaban J connectivity index is 1.78. The molecule has 1 aromatic rings. The fourth-order valence-corrected chi connectivity index (χ4v) is 3.31. The Bertz CT molecular complexity index is 554. The van der Waals surface area contributed by atoms with Gasteiger partial charge in [-0.05, 0) is 25.5 Å². The molecule has 0 saturated carbocycles. The minimum absolute atomic E-state index is 0.632. The number of hydrogen-bond acceptors (Lipinski definition) is 3. The highest BCUT2D eigenvalue weighted by molar-refractivity contribution is 5.79. The molecule has 0 radical (unpaired) electrons. The van der Waals surface area contributed by atoms with Crippen LogP contribution in [0.2, 0.25) is 0 Å². The van der Waals surface area contributed by atoms with Gasteiger partial charge in [0.25, 0.3) is 0 Å². The highest BCUT2D eigenvalue weighted by Crippen LogP contribution is 2.25. The molecule has 4 nitrogen and oxygen atoms in total. The van der Waals surface area contributed by atoms with Crippen molar-refractivity contribution in [3.63, 3.8) is 0 Å². The Morgan fingerprint density at radius 3 is 2.16 bits per heavy atom. The van der Waals surface area contributed by atoms with Crippen LogP contribution in [0.3, 0.4) is 0 Å². The Hall–Kier alpha value is -1.97. The first kappa shape index (κ1) is 19.4. The zero-order chi connectivity index (χ0) is 18.1. The summed E-state index contributed by atoms with van der Waals surface area (Å²) in [5, 5.41) is 9.67. The van der Waals surface area contributed by atoms with Crippen LogP contribution in [0, 0.1) is 6.92 Å². The third-order valence-corrected chi connectivity index (χ3v) is 4.82. The van der Waals surface area contributed by atoms with E-state index in [4.69, 9.17) is 0 Å². The molecule has 4 heteroatoms. The third-order valence-electron chi connectivity index (χ3n) is 4.82. The summed E-state index contributed by atoms with van der Waals surface area (Å²) in [6.45, 7) is 5.07. The lowest BCUT2D eigenvalue weighted by Gasteiger charge is -2.29. The summed E-state index contributed by atoms with van der Waals surface area (Å²) in [5.41, 5.74) is 2.10. The van der Waals surface area contributed by atoms with E-state index in [1.54, 1.807) is 0 Å². The zero-order valence-corrected chi connectivity index (χ0v) is 15.7. The third kappa shape index (κ3) is 5.80. The van der Waals surface area contributed by atoms with Gasteiger partial charge in [-0.2, -0.15) is 0 Å². The molecule has 1 atom stereocenters. The van der Waals surface area contributed by atoms with E-state index in [9.17, 15) is 9.90 Å². The second-order valence-electron chi connectivity index (χ2n) is 6.97. The van der Waals surface area contributed by atoms with Crippen molar-refractivity contribution in [1.29, 1.82) is 0 Å². The molecule has 0 aliphatic carbocycles. The Kier molecular flexibility index (Phi) is 7.83. The van der Waals surface area contributed by atoms with Crippen LogP contribution in [0.4, 0.5) is 5.69 Å². The van der Waals surface area contributed by atoms with Gasteiger partial charge in [-0.3, -0.25) is 0 Å². The molecule has 1 aromatic carbocycles. The number of carboxylic acids is 1. The van der Waals surface area contributed by atoms with Crippen LogP contribution >= 0.6 is 0 Å². The molecule has 1 aliphatic rings. The molecule has 2 rings (SSSR count). The van der Waals surface area contributed by atoms with Crippen LogP contribution < -0.4 is 4.90 Å². The number of carboxylic acid groups (broad SMARTS) is 1. The van der Waals surface area contributed by atoms with Crippen LogP contribution in [-0.4, -0.2) is 28.7 Å². The van der Waals surface area contributed by atoms with Crippen LogP contribution in [0.15, 0.2) is 36.7 Å². The smallest absolute Gasteiger partial charge is 0.347 e. The van der Waals surface area contributed by atoms with E-state index >= 15 is 0 Å². The van der Waals surface area contributed by atoms with Gasteiger partial charge in [0.2, 0.25) is 6.17 Å². The second kappa shape index (κ2) is 10.1. The predicted octanol–water partition coefficient (Wildman–Crippen LogP) is 5.14. The standard InChI is InChI=1S/C21H32N2O2/c1-3-4-5-6-7-8-9-10-15-22-16-17-23(20(22)21(24)25)19-13-11-18(2)12-14-19/h11-14,16-17,20H,3-10,15H2,1-2H3,(H,24,25). The fraction of sp³-hybridized carbons (Fsp3) is 0.571. The summed E-state index contributed by atoms with van der Waals surface area (Å²) in [6, 6.07) is 8.00. The Morgan fingerprint density at radius 2 is 1.56 bits per heavy atom. The van der Waals surface area contributed by atoms with E-state index in [2.05, 4.69) is 6.92 Å². The van der Waals surface area contributed by atoms with Crippen molar-refractivity contribution in [2.45, 2.75) is 71.4 Å². The highest BCUT2D eigenvalue weighted by Gasteiger charge is 2.33. The van der Waals surface area contributed by atoms with Gasteiger partial charge in [0, 0.05) is 24.6 Å². The van der Waals surface area contributed by atoms with Crippen LogP contribution in [0.5, 0.6) is 0 Å². The van der Waals surface area contributed by atoms with Crippen molar-refractivity contribution >= 4 is 11.7 Å². The molecule has 138 valence electrons. The van der Waals surface area contributed by atoms with Crippen molar-refractivity contribution in [3.05, 3.63) is 42.2 Å². The van der Waals surface area contributed by atoms with Gasteiger partial charge in [-0.25, -0.2) is 4.79 Å². The Morgan fingerprint density at radius 1 is 0.960 bits per heavy atom. The first-order chi connectivity index (χ1) is 12.1. The molecule has 0 aromatic heterocycles. The molecule has 1 unspecified atom stereocenters. The quantitative estimate of drug-likeness (QED) is 0.565. The predicted molar refractivity (Wildman–Crippen MR) is 104 cm³/mol. The summed E-state index contributed by atoms with van der Waals surface area (Å²) in [7, 11) is 0. The maximum Gasteiger partial charge on any atom is 0.347 e. The minimum Gasteiger partial charge on any atom is -0.478 e. The monoisotopic (exact) mass is 344 g/mol. The maximum absolute atomic E-state index is 11.8. The number of rotatable bonds is 11. The number of unbranched alkanes of at least 4 members (excludes halogenated alkanes) is 7. The molecule has 0 bridgehead atoms. The van der Waals surface area contributed by atoms with Gasteiger partial charge in [-0.1, -0.05) is 69.6 Å². The number of aliphatic carboxylic acids is 1. The maximum atomic E-state index is 11.8. The van der Waals surface area contributed by atoms with E-state index in [-0.39, 0.29) is 0 Å². The average Bonchev–Trinajstić information content (AvgIpc) is 3.02. The molecular weight excluding hydrogens is 312 g/mol. The van der Waals surface area contributed by atoms with Gasteiger partial charge in [-0.15, -0.1) is 0 Å². The van der Waals surface area contributed by atoms with Crippen molar-refractivity contribution in [1.82, 2.24) is 4.90 Å². The van der Waals surface area contributed by atoms with Gasteiger partial charge in [0.05, 0.1) is 0 Å². The van der Waals surface area contributed by atoms with Gasteiger partial charge in [0.1, 0.15) is 0 Å². The van der Waals surface area contributed by atoms with E-state index in [1.165, 1.54) is 50.5 Å². The van der Waals surface area contributed by atoms with Crippen molar-refractivity contribution < 1.29 is 9.90 Å². The number of benzene rings is 1. The highest BCUT2D eigenvalue weighted by atomic mass is 16.4. The van der Waals surface area contributed by atoms with Crippen molar-refractivity contribution in [2.75, 3.05) is 11.4 Å². The molecule has 1 aliphatic heterocycles. The van der Waals surface area contributed by atoms with E-state index in [0.29, 0.717) is 0 Å². The van der Waals surface area contributed by atoms with E-state index in [1.807, 2.05) is 53.4 Å². The van der Waals surface area contributed by atoms with Crippen LogP contribution in [0.25, 0.3) is 0 Å². The van der Waals surface area contributed by atoms with Gasteiger partial charge in [0.15, 0.2) is 0 Å². The van der Waals surface area contributed by atoms with Crippen molar-refractivity contribution in [3.8, 4) is 0 Å². The first-order valence-corrected chi connectivity index (χ1v) is 9.65. The lowest BCUT2D eigenvalue weighted by Crippen LogP contribution is -2.45. The van der Waals surface area contributed by atoms with Gasteiger partial charge >= 0.3 is 5.97 Å².